The second-order valence-electron chi connectivity index (χ2n) is 3.41. The van der Waals surface area contributed by atoms with Gasteiger partial charge in [0.2, 0.25) is 0 Å². The number of pyridine rings is 1. The van der Waals surface area contributed by atoms with Crippen molar-refractivity contribution in [2.75, 3.05) is 20.7 Å². The van der Waals surface area contributed by atoms with Crippen LogP contribution in [0.1, 0.15) is 16.8 Å². The fourth-order valence-electron chi connectivity index (χ4n) is 1.22. The lowest BCUT2D eigenvalue weighted by Gasteiger charge is -2.16. The largest absolute Gasteiger partial charge is 0.469 e. The highest BCUT2D eigenvalue weighted by molar-refractivity contribution is 5.94. The molecule has 1 aromatic heterocycles. The maximum absolute atomic E-state index is 13.3. The van der Waals surface area contributed by atoms with E-state index >= 15 is 0 Å². The van der Waals surface area contributed by atoms with Gasteiger partial charge < -0.3 is 9.64 Å². The second-order valence-corrected chi connectivity index (χ2v) is 3.41. The summed E-state index contributed by atoms with van der Waals surface area (Å²) >= 11 is 0. The molecule has 1 rings (SSSR count). The topological polar surface area (TPSA) is 59.5 Å². The number of methoxy groups -OCH3 is 1. The Kier molecular flexibility index (Phi) is 4.56. The monoisotopic (exact) mass is 240 g/mol. The van der Waals surface area contributed by atoms with Crippen molar-refractivity contribution < 1.29 is 18.7 Å². The van der Waals surface area contributed by atoms with E-state index in [1.54, 1.807) is 0 Å². The minimum Gasteiger partial charge on any atom is -0.469 e. The third-order valence-corrected chi connectivity index (χ3v) is 2.23. The molecule has 0 fully saturated rings. The summed E-state index contributed by atoms with van der Waals surface area (Å²) in [6, 6.07) is 1.30. The number of amides is 1. The van der Waals surface area contributed by atoms with E-state index in [1.165, 1.54) is 31.3 Å². The molecule has 6 heteroatoms. The lowest BCUT2D eigenvalue weighted by atomic mass is 10.2. The number of nitrogens with zero attached hydrogens (tertiary/aromatic N) is 2. The van der Waals surface area contributed by atoms with Gasteiger partial charge in [0.25, 0.3) is 5.91 Å². The van der Waals surface area contributed by atoms with Gasteiger partial charge in [0.15, 0.2) is 5.82 Å². The molecular weight excluding hydrogens is 227 g/mol. The summed E-state index contributed by atoms with van der Waals surface area (Å²) in [5.74, 6) is -1.59. The summed E-state index contributed by atoms with van der Waals surface area (Å²) in [7, 11) is 2.76. The Morgan fingerprint density at radius 1 is 1.53 bits per heavy atom. The van der Waals surface area contributed by atoms with Crippen LogP contribution < -0.4 is 0 Å². The summed E-state index contributed by atoms with van der Waals surface area (Å²) in [6.07, 6.45) is 2.39. The fraction of sp³-hybridized carbons (Fsp3) is 0.364. The van der Waals surface area contributed by atoms with Crippen molar-refractivity contribution in [2.24, 2.45) is 0 Å². The van der Waals surface area contributed by atoms with Crippen LogP contribution in [-0.2, 0) is 9.53 Å². The standard InChI is InChI=1S/C11H13FN2O3/c1-14(6-4-10(15)17-2)11(16)8-3-5-13-7-9(8)12/h3,5,7H,4,6H2,1-2H3. The first kappa shape index (κ1) is 13.1. The summed E-state index contributed by atoms with van der Waals surface area (Å²) in [5.41, 5.74) is -0.0626. The molecule has 0 aromatic carbocycles. The first-order valence-corrected chi connectivity index (χ1v) is 4.98. The Labute approximate surface area is 98.2 Å². The average molecular weight is 240 g/mol. The lowest BCUT2D eigenvalue weighted by molar-refractivity contribution is -0.140. The summed E-state index contributed by atoms with van der Waals surface area (Å²) in [5, 5.41) is 0. The van der Waals surface area contributed by atoms with Crippen LogP contribution >= 0.6 is 0 Å². The highest BCUT2D eigenvalue weighted by Gasteiger charge is 2.16. The predicted octanol–water partition coefficient (Wildman–Crippen LogP) is 0.856. The maximum Gasteiger partial charge on any atom is 0.307 e. The van der Waals surface area contributed by atoms with Gasteiger partial charge in [-0.05, 0) is 6.07 Å². The average Bonchev–Trinajstić information content (AvgIpc) is 2.35. The van der Waals surface area contributed by atoms with E-state index in [2.05, 4.69) is 9.72 Å². The van der Waals surface area contributed by atoms with Crippen LogP contribution in [0.5, 0.6) is 0 Å². The van der Waals surface area contributed by atoms with Crippen LogP contribution in [0.4, 0.5) is 4.39 Å². The lowest BCUT2D eigenvalue weighted by Crippen LogP contribution is -2.30. The number of carbonyl (C=O) groups is 2. The van der Waals surface area contributed by atoms with Crippen molar-refractivity contribution >= 4 is 11.9 Å². The Bertz CT molecular complexity index is 423. The van der Waals surface area contributed by atoms with Crippen molar-refractivity contribution in [2.45, 2.75) is 6.42 Å². The van der Waals surface area contributed by atoms with Crippen LogP contribution in [0.3, 0.4) is 0 Å². The number of halogens is 1. The second kappa shape index (κ2) is 5.93. The van der Waals surface area contributed by atoms with E-state index in [-0.39, 0.29) is 18.5 Å². The minimum absolute atomic E-state index is 0.0626. The van der Waals surface area contributed by atoms with Gasteiger partial charge in [-0.1, -0.05) is 0 Å². The zero-order valence-corrected chi connectivity index (χ0v) is 9.64. The van der Waals surface area contributed by atoms with Gasteiger partial charge in [-0.15, -0.1) is 0 Å². The quantitative estimate of drug-likeness (QED) is 0.732. The van der Waals surface area contributed by atoms with Gasteiger partial charge in [-0.3, -0.25) is 14.6 Å². The fourth-order valence-corrected chi connectivity index (χ4v) is 1.22. The van der Waals surface area contributed by atoms with Gasteiger partial charge in [-0.2, -0.15) is 0 Å². The Morgan fingerprint density at radius 2 is 2.24 bits per heavy atom. The highest BCUT2D eigenvalue weighted by Crippen LogP contribution is 2.07. The third kappa shape index (κ3) is 3.51. The van der Waals surface area contributed by atoms with E-state index in [1.807, 2.05) is 0 Å². The van der Waals surface area contributed by atoms with Crippen molar-refractivity contribution in [1.82, 2.24) is 9.88 Å². The molecule has 0 aliphatic heterocycles. The zero-order chi connectivity index (χ0) is 12.8. The van der Waals surface area contributed by atoms with E-state index in [4.69, 9.17) is 0 Å². The number of ether oxygens (including phenoxy) is 1. The number of rotatable bonds is 4. The molecule has 0 atom stereocenters. The maximum atomic E-state index is 13.3. The normalized spacial score (nSPS) is 9.82. The third-order valence-electron chi connectivity index (χ3n) is 2.23. The van der Waals surface area contributed by atoms with Crippen molar-refractivity contribution in [3.8, 4) is 0 Å². The molecule has 0 N–H and O–H groups in total. The van der Waals surface area contributed by atoms with E-state index in [0.29, 0.717) is 0 Å². The molecule has 92 valence electrons. The summed E-state index contributed by atoms with van der Waals surface area (Å²) in [6.45, 7) is 0.174. The first-order chi connectivity index (χ1) is 8.06. The molecule has 0 spiro atoms. The molecule has 0 saturated carbocycles. The van der Waals surface area contributed by atoms with Crippen molar-refractivity contribution in [3.05, 3.63) is 29.8 Å². The van der Waals surface area contributed by atoms with Gasteiger partial charge >= 0.3 is 5.97 Å². The molecule has 0 aliphatic rings. The number of hydrogen-bond acceptors (Lipinski definition) is 4. The van der Waals surface area contributed by atoms with Crippen LogP contribution in [0.2, 0.25) is 0 Å². The molecule has 1 aromatic rings. The highest BCUT2D eigenvalue weighted by atomic mass is 19.1. The Morgan fingerprint density at radius 3 is 2.82 bits per heavy atom. The molecule has 0 aliphatic carbocycles. The zero-order valence-electron chi connectivity index (χ0n) is 9.64. The van der Waals surface area contributed by atoms with Gasteiger partial charge in [0, 0.05) is 19.8 Å². The molecule has 5 nitrogen and oxygen atoms in total. The number of hydrogen-bond donors (Lipinski definition) is 0. The molecule has 1 heterocycles. The minimum atomic E-state index is -0.678. The van der Waals surface area contributed by atoms with Gasteiger partial charge in [0.05, 0.1) is 25.3 Å². The molecule has 0 bridgehead atoms. The Balaban J connectivity index is 2.64. The van der Waals surface area contributed by atoms with Gasteiger partial charge in [0.1, 0.15) is 0 Å². The molecule has 0 radical (unpaired) electrons. The Hall–Kier alpha value is -1.98. The van der Waals surface area contributed by atoms with Crippen molar-refractivity contribution in [3.63, 3.8) is 0 Å². The van der Waals surface area contributed by atoms with Crippen LogP contribution in [-0.4, -0.2) is 42.5 Å². The SMILES string of the molecule is COC(=O)CCN(C)C(=O)c1ccncc1F. The number of esters is 1. The van der Waals surface area contributed by atoms with Crippen LogP contribution in [0.25, 0.3) is 0 Å². The molecular formula is C11H13FN2O3. The summed E-state index contributed by atoms with van der Waals surface area (Å²) in [4.78, 5) is 27.5. The van der Waals surface area contributed by atoms with E-state index in [9.17, 15) is 14.0 Å². The van der Waals surface area contributed by atoms with Gasteiger partial charge in [-0.25, -0.2) is 4.39 Å². The smallest absolute Gasteiger partial charge is 0.307 e. The molecule has 0 unspecified atom stereocenters. The predicted molar refractivity (Wildman–Crippen MR) is 57.8 cm³/mol. The van der Waals surface area contributed by atoms with E-state index < -0.39 is 17.7 Å². The van der Waals surface area contributed by atoms with Crippen molar-refractivity contribution in [1.29, 1.82) is 0 Å². The molecule has 1 amide bonds. The van der Waals surface area contributed by atoms with Crippen LogP contribution in [0.15, 0.2) is 18.5 Å². The number of carbonyl (C=O) groups excluding carboxylic acids is 2. The summed E-state index contributed by atoms with van der Waals surface area (Å²) < 4.78 is 17.7. The number of aromatic nitrogens is 1. The van der Waals surface area contributed by atoms with Crippen LogP contribution in [0, 0.1) is 5.82 Å². The first-order valence-electron chi connectivity index (χ1n) is 4.98. The molecule has 17 heavy (non-hydrogen) atoms. The molecule has 0 saturated heterocycles. The van der Waals surface area contributed by atoms with E-state index in [0.717, 1.165) is 6.20 Å².